The minimum atomic E-state index is 0.616. The van der Waals surface area contributed by atoms with Crippen LogP contribution in [0.2, 0.25) is 0 Å². The molecule has 0 amide bonds. The fourth-order valence-electron chi connectivity index (χ4n) is 7.04. The van der Waals surface area contributed by atoms with Gasteiger partial charge in [-0.1, -0.05) is 13.8 Å². The van der Waals surface area contributed by atoms with Gasteiger partial charge in [0.25, 0.3) is 0 Å². The lowest BCUT2D eigenvalue weighted by atomic mass is 9.39. The number of hydrogen-bond donors (Lipinski definition) is 1. The molecule has 4 aliphatic carbocycles. The lowest BCUT2D eigenvalue weighted by Gasteiger charge is -2.66. The van der Waals surface area contributed by atoms with Gasteiger partial charge in [-0.15, -0.1) is 12.3 Å². The zero-order valence-corrected chi connectivity index (χ0v) is 13.6. The van der Waals surface area contributed by atoms with Crippen molar-refractivity contribution in [2.45, 2.75) is 77.7 Å². The van der Waals surface area contributed by atoms with Gasteiger partial charge in [0.15, 0.2) is 0 Å². The Labute approximate surface area is 125 Å². The summed E-state index contributed by atoms with van der Waals surface area (Å²) < 4.78 is 0. The molecular formula is C19H31N. The van der Waals surface area contributed by atoms with Crippen LogP contribution in [0.15, 0.2) is 0 Å². The first kappa shape index (κ1) is 14.5. The van der Waals surface area contributed by atoms with Gasteiger partial charge in [0.1, 0.15) is 0 Å². The molecule has 4 aliphatic rings. The lowest BCUT2D eigenvalue weighted by Crippen LogP contribution is -2.56. The van der Waals surface area contributed by atoms with Gasteiger partial charge < -0.3 is 5.32 Å². The van der Waals surface area contributed by atoms with Crippen LogP contribution in [0.1, 0.15) is 71.6 Å². The van der Waals surface area contributed by atoms with Crippen LogP contribution in [-0.2, 0) is 0 Å². The molecular weight excluding hydrogens is 242 g/mol. The van der Waals surface area contributed by atoms with E-state index in [4.69, 9.17) is 6.42 Å². The summed E-state index contributed by atoms with van der Waals surface area (Å²) in [5, 5.41) is 3.54. The summed E-state index contributed by atoms with van der Waals surface area (Å²) in [5.74, 6) is 3.82. The Morgan fingerprint density at radius 2 is 1.80 bits per heavy atom. The van der Waals surface area contributed by atoms with E-state index in [9.17, 15) is 0 Å². The van der Waals surface area contributed by atoms with Gasteiger partial charge in [-0.25, -0.2) is 0 Å². The summed E-state index contributed by atoms with van der Waals surface area (Å²) in [6.45, 7) is 5.14. The Bertz CT molecular complexity index is 400. The molecule has 0 radical (unpaired) electrons. The van der Waals surface area contributed by atoms with Crippen molar-refractivity contribution in [2.75, 3.05) is 7.05 Å². The summed E-state index contributed by atoms with van der Waals surface area (Å²) in [7, 11) is 2.12. The molecule has 20 heavy (non-hydrogen) atoms. The SMILES string of the molecule is C#CCCC(CC12CC3CC(C)(CC(C)(C3)C1)C2)NC. The minimum Gasteiger partial charge on any atom is -0.317 e. The third-order valence-corrected chi connectivity index (χ3v) is 6.47. The number of hydrogen-bond acceptors (Lipinski definition) is 1. The molecule has 1 nitrogen and oxygen atoms in total. The maximum absolute atomic E-state index is 5.46. The highest BCUT2D eigenvalue weighted by Gasteiger charge is 2.59. The topological polar surface area (TPSA) is 12.0 Å². The normalized spacial score (nSPS) is 47.2. The van der Waals surface area contributed by atoms with Gasteiger partial charge in [-0.2, -0.15) is 0 Å². The average Bonchev–Trinajstić information content (AvgIpc) is 2.29. The Hall–Kier alpha value is -0.480. The quantitative estimate of drug-likeness (QED) is 0.733. The van der Waals surface area contributed by atoms with Crippen LogP contribution >= 0.6 is 0 Å². The van der Waals surface area contributed by atoms with Gasteiger partial charge in [-0.3, -0.25) is 0 Å². The van der Waals surface area contributed by atoms with E-state index in [-0.39, 0.29) is 0 Å². The van der Waals surface area contributed by atoms with E-state index in [0.29, 0.717) is 22.3 Å². The second-order valence-electron chi connectivity index (χ2n) is 9.06. The van der Waals surface area contributed by atoms with E-state index < -0.39 is 0 Å². The second-order valence-corrected chi connectivity index (χ2v) is 9.06. The van der Waals surface area contributed by atoms with Crippen LogP contribution in [-0.4, -0.2) is 13.1 Å². The molecule has 4 rings (SSSR count). The van der Waals surface area contributed by atoms with Crippen LogP contribution < -0.4 is 5.32 Å². The van der Waals surface area contributed by atoms with Crippen molar-refractivity contribution in [1.82, 2.24) is 5.32 Å². The number of terminal acetylenes is 1. The molecule has 1 N–H and O–H groups in total. The molecule has 0 saturated heterocycles. The fourth-order valence-corrected chi connectivity index (χ4v) is 7.04. The monoisotopic (exact) mass is 273 g/mol. The van der Waals surface area contributed by atoms with Crippen molar-refractivity contribution in [2.24, 2.45) is 22.2 Å². The summed E-state index contributed by atoms with van der Waals surface area (Å²) >= 11 is 0. The van der Waals surface area contributed by atoms with E-state index in [1.54, 1.807) is 0 Å². The maximum Gasteiger partial charge on any atom is 0.0101 e. The highest BCUT2D eigenvalue weighted by Crippen LogP contribution is 2.70. The standard InChI is InChI=1S/C19H31N/c1-5-6-7-16(20-4)11-19-10-15-8-17(2,13-19)12-18(3,9-15)14-19/h1,15-16,20H,6-14H2,2-4H3. The van der Waals surface area contributed by atoms with E-state index in [1.165, 1.54) is 44.9 Å². The number of nitrogens with one attached hydrogen (secondary N) is 1. The van der Waals surface area contributed by atoms with Crippen molar-refractivity contribution in [1.29, 1.82) is 0 Å². The van der Waals surface area contributed by atoms with Crippen molar-refractivity contribution < 1.29 is 0 Å². The summed E-state index contributed by atoms with van der Waals surface area (Å²) in [5.41, 5.74) is 1.89. The fraction of sp³-hybridized carbons (Fsp3) is 0.895. The first-order valence-corrected chi connectivity index (χ1v) is 8.51. The van der Waals surface area contributed by atoms with Crippen molar-refractivity contribution in [3.05, 3.63) is 0 Å². The molecule has 0 aliphatic heterocycles. The van der Waals surface area contributed by atoms with E-state index in [1.807, 2.05) is 0 Å². The Balaban J connectivity index is 1.77. The maximum atomic E-state index is 5.46. The van der Waals surface area contributed by atoms with Crippen molar-refractivity contribution >= 4 is 0 Å². The second kappa shape index (κ2) is 4.77. The van der Waals surface area contributed by atoms with Gasteiger partial charge in [0, 0.05) is 12.5 Å². The van der Waals surface area contributed by atoms with E-state index in [0.717, 1.165) is 18.8 Å². The van der Waals surface area contributed by atoms with Crippen LogP contribution in [0.4, 0.5) is 0 Å². The van der Waals surface area contributed by atoms with Crippen LogP contribution in [0.25, 0.3) is 0 Å². The molecule has 0 aromatic heterocycles. The third kappa shape index (κ3) is 2.52. The summed E-state index contributed by atoms with van der Waals surface area (Å²) in [6, 6.07) is 0.620. The zero-order chi connectivity index (χ0) is 14.4. The molecule has 0 aromatic rings. The first-order chi connectivity index (χ1) is 9.40. The van der Waals surface area contributed by atoms with Gasteiger partial charge >= 0.3 is 0 Å². The van der Waals surface area contributed by atoms with Crippen LogP contribution in [0.3, 0.4) is 0 Å². The third-order valence-electron chi connectivity index (χ3n) is 6.47. The van der Waals surface area contributed by atoms with Crippen molar-refractivity contribution in [3.8, 4) is 12.3 Å². The first-order valence-electron chi connectivity index (χ1n) is 8.51. The van der Waals surface area contributed by atoms with Gasteiger partial charge in [0.2, 0.25) is 0 Å². The number of rotatable bonds is 5. The smallest absolute Gasteiger partial charge is 0.0101 e. The van der Waals surface area contributed by atoms with Gasteiger partial charge in [0.05, 0.1) is 0 Å². The largest absolute Gasteiger partial charge is 0.317 e. The predicted molar refractivity (Wildman–Crippen MR) is 85.4 cm³/mol. The minimum absolute atomic E-state index is 0.616. The molecule has 4 fully saturated rings. The van der Waals surface area contributed by atoms with E-state index in [2.05, 4.69) is 32.1 Å². The Morgan fingerprint density at radius 1 is 1.15 bits per heavy atom. The molecule has 3 unspecified atom stereocenters. The van der Waals surface area contributed by atoms with Crippen LogP contribution in [0.5, 0.6) is 0 Å². The summed E-state index contributed by atoms with van der Waals surface area (Å²) in [6.07, 6.45) is 17.8. The Kier molecular flexibility index (Phi) is 3.45. The zero-order valence-electron chi connectivity index (χ0n) is 13.6. The molecule has 4 saturated carbocycles. The Morgan fingerprint density at radius 3 is 2.30 bits per heavy atom. The average molecular weight is 273 g/mol. The van der Waals surface area contributed by atoms with Crippen LogP contribution in [0, 0.1) is 34.5 Å². The summed E-state index contributed by atoms with van der Waals surface area (Å²) in [4.78, 5) is 0. The molecule has 3 atom stereocenters. The highest BCUT2D eigenvalue weighted by molar-refractivity contribution is 5.11. The van der Waals surface area contributed by atoms with E-state index >= 15 is 0 Å². The molecule has 0 heterocycles. The highest BCUT2D eigenvalue weighted by atomic mass is 14.9. The lowest BCUT2D eigenvalue weighted by molar-refractivity contribution is -0.150. The molecule has 0 spiro atoms. The molecule has 0 aromatic carbocycles. The molecule has 1 heteroatoms. The van der Waals surface area contributed by atoms with Gasteiger partial charge in [-0.05, 0) is 80.6 Å². The van der Waals surface area contributed by atoms with Crippen molar-refractivity contribution in [3.63, 3.8) is 0 Å². The predicted octanol–water partition coefficient (Wildman–Crippen LogP) is 4.37. The molecule has 112 valence electrons. The molecule has 4 bridgehead atoms.